The topological polar surface area (TPSA) is 46.6 Å². The first-order valence-corrected chi connectivity index (χ1v) is 10.0. The van der Waals surface area contributed by atoms with Crippen molar-refractivity contribution in [2.45, 2.75) is 26.7 Å². The maximum Gasteiger partial charge on any atom is 0.269 e. The average molecular weight is 409 g/mol. The molecule has 0 aliphatic carbocycles. The van der Waals surface area contributed by atoms with Gasteiger partial charge in [0.15, 0.2) is 0 Å². The number of hydrogen-bond acceptors (Lipinski definition) is 3. The minimum atomic E-state index is 0.0492. The van der Waals surface area contributed by atoms with Crippen LogP contribution in [-0.4, -0.2) is 7.11 Å². The van der Waals surface area contributed by atoms with Crippen LogP contribution in [0.15, 0.2) is 83.5 Å². The quantitative estimate of drug-likeness (QED) is 0.415. The van der Waals surface area contributed by atoms with Gasteiger partial charge in [-0.15, -0.1) is 0 Å². The lowest BCUT2D eigenvalue weighted by Gasteiger charge is -2.13. The van der Waals surface area contributed by atoms with E-state index in [2.05, 4.69) is 42.1 Å². The van der Waals surface area contributed by atoms with Gasteiger partial charge in [0.25, 0.3) is 5.70 Å². The molecule has 0 amide bonds. The molecule has 154 valence electrons. The largest absolute Gasteiger partial charge is 0.496 e. The molecule has 31 heavy (non-hydrogen) atoms. The van der Waals surface area contributed by atoms with E-state index in [1.54, 1.807) is 26.2 Å². The molecule has 2 aromatic carbocycles. The molecule has 0 radical (unpaired) electrons. The lowest BCUT2D eigenvalue weighted by atomic mass is 10.0. The number of ether oxygens (including phenoxy) is 2. The first kappa shape index (κ1) is 21.7. The van der Waals surface area contributed by atoms with Crippen molar-refractivity contribution in [2.75, 3.05) is 7.11 Å². The molecule has 0 spiro atoms. The average Bonchev–Trinajstić information content (AvgIpc) is 2.78. The van der Waals surface area contributed by atoms with Gasteiger partial charge in [0, 0.05) is 0 Å². The molecule has 0 bridgehead atoms. The Morgan fingerprint density at radius 1 is 1.10 bits per heavy atom. The van der Waals surface area contributed by atoms with Crippen molar-refractivity contribution < 1.29 is 9.47 Å². The molecule has 4 heteroatoms. The van der Waals surface area contributed by atoms with E-state index < -0.39 is 0 Å². The first-order valence-electron chi connectivity index (χ1n) is 10.0. The first-order chi connectivity index (χ1) is 15.0. The summed E-state index contributed by atoms with van der Waals surface area (Å²) in [6, 6.07) is 16.7. The van der Waals surface area contributed by atoms with Gasteiger partial charge in [-0.1, -0.05) is 48.0 Å². The fourth-order valence-corrected chi connectivity index (χ4v) is 3.32. The van der Waals surface area contributed by atoms with Gasteiger partial charge in [-0.05, 0) is 73.2 Å². The van der Waals surface area contributed by atoms with Gasteiger partial charge in [0.1, 0.15) is 17.3 Å². The number of aryl methyl sites for hydroxylation is 3. The van der Waals surface area contributed by atoms with Crippen LogP contribution in [0.2, 0.25) is 0 Å². The van der Waals surface area contributed by atoms with E-state index in [-0.39, 0.29) is 5.70 Å². The molecular formula is C27H24N2O2. The standard InChI is InChI=1S/C27H24N2O2/c1-19-5-7-21(8-6-19)9-12-23-13-10-22(16-27(23)30-4)11-14-25-17-24(15-20(2)31-25)26(18-28)29-3/h5-8,10-11,13-17H,9,12H2,1-2,4H3/b14-11+,26-24+. The highest BCUT2D eigenvalue weighted by molar-refractivity contribution is 5.58. The van der Waals surface area contributed by atoms with Crippen LogP contribution in [0.1, 0.15) is 29.2 Å². The smallest absolute Gasteiger partial charge is 0.269 e. The van der Waals surface area contributed by atoms with E-state index in [0.717, 1.165) is 29.7 Å². The van der Waals surface area contributed by atoms with Crippen molar-refractivity contribution in [1.82, 2.24) is 0 Å². The highest BCUT2D eigenvalue weighted by Gasteiger charge is 2.11. The molecule has 4 nitrogen and oxygen atoms in total. The summed E-state index contributed by atoms with van der Waals surface area (Å²) >= 11 is 0. The van der Waals surface area contributed by atoms with E-state index >= 15 is 0 Å². The summed E-state index contributed by atoms with van der Waals surface area (Å²) in [4.78, 5) is 3.28. The number of benzene rings is 2. The Morgan fingerprint density at radius 3 is 2.55 bits per heavy atom. The lowest BCUT2D eigenvalue weighted by molar-refractivity contribution is 0.318. The Hall–Kier alpha value is -4.02. The predicted molar refractivity (Wildman–Crippen MR) is 123 cm³/mol. The Labute approximate surface area is 183 Å². The number of allylic oxidation sites excluding steroid dienone is 6. The van der Waals surface area contributed by atoms with Crippen molar-refractivity contribution in [3.05, 3.63) is 117 Å². The van der Waals surface area contributed by atoms with Crippen LogP contribution < -0.4 is 4.74 Å². The van der Waals surface area contributed by atoms with E-state index in [1.165, 1.54) is 11.1 Å². The Bertz CT molecular complexity index is 1150. The minimum Gasteiger partial charge on any atom is -0.496 e. The number of rotatable bonds is 6. The van der Waals surface area contributed by atoms with Crippen LogP contribution in [0.4, 0.5) is 0 Å². The third-order valence-electron chi connectivity index (χ3n) is 4.98. The summed E-state index contributed by atoms with van der Waals surface area (Å²) in [6.45, 7) is 11.0. The number of methoxy groups -OCH3 is 1. The van der Waals surface area contributed by atoms with Crippen LogP contribution in [0.25, 0.3) is 10.9 Å². The van der Waals surface area contributed by atoms with Crippen molar-refractivity contribution in [3.63, 3.8) is 0 Å². The zero-order valence-electron chi connectivity index (χ0n) is 18.0. The minimum absolute atomic E-state index is 0.0492. The third-order valence-corrected chi connectivity index (χ3v) is 4.98. The SMILES string of the molecule is [C-]#[N+]/C(C#N)=C1\C=C(C)OC(/C=C/c2ccc(CCc3ccc(C)cc3)c(OC)c2)=C1. The molecule has 0 saturated carbocycles. The second-order valence-electron chi connectivity index (χ2n) is 7.32. The molecule has 0 unspecified atom stereocenters. The molecule has 2 aromatic rings. The second kappa shape index (κ2) is 10.1. The van der Waals surface area contributed by atoms with Crippen molar-refractivity contribution in [1.29, 1.82) is 5.26 Å². The Balaban J connectivity index is 1.76. The molecule has 3 rings (SSSR count). The van der Waals surface area contributed by atoms with Gasteiger partial charge in [0.2, 0.25) is 0 Å². The zero-order chi connectivity index (χ0) is 22.2. The molecule has 1 aliphatic heterocycles. The van der Waals surface area contributed by atoms with Crippen LogP contribution >= 0.6 is 0 Å². The Morgan fingerprint density at radius 2 is 1.87 bits per heavy atom. The van der Waals surface area contributed by atoms with Crippen LogP contribution in [0.3, 0.4) is 0 Å². The highest BCUT2D eigenvalue weighted by Crippen LogP contribution is 2.26. The van der Waals surface area contributed by atoms with Crippen LogP contribution in [-0.2, 0) is 17.6 Å². The predicted octanol–water partition coefficient (Wildman–Crippen LogP) is 6.32. The van der Waals surface area contributed by atoms with Gasteiger partial charge in [-0.2, -0.15) is 0 Å². The van der Waals surface area contributed by atoms with Gasteiger partial charge in [0.05, 0.1) is 19.8 Å². The fourth-order valence-electron chi connectivity index (χ4n) is 3.32. The van der Waals surface area contributed by atoms with E-state index in [4.69, 9.17) is 21.3 Å². The molecule has 0 fully saturated rings. The highest BCUT2D eigenvalue weighted by atomic mass is 16.5. The lowest BCUT2D eigenvalue weighted by Crippen LogP contribution is -1.97. The van der Waals surface area contributed by atoms with Crippen molar-refractivity contribution >= 4 is 6.08 Å². The molecule has 0 N–H and O–H groups in total. The van der Waals surface area contributed by atoms with E-state index in [0.29, 0.717) is 17.1 Å². The summed E-state index contributed by atoms with van der Waals surface area (Å²) in [5.41, 5.74) is 5.32. The van der Waals surface area contributed by atoms with Gasteiger partial charge >= 0.3 is 0 Å². The maximum atomic E-state index is 9.12. The summed E-state index contributed by atoms with van der Waals surface area (Å²) < 4.78 is 11.3. The number of nitriles is 1. The summed E-state index contributed by atoms with van der Waals surface area (Å²) in [5, 5.41) is 9.12. The molecular weight excluding hydrogens is 384 g/mol. The molecule has 0 saturated heterocycles. The molecule has 1 aliphatic rings. The third kappa shape index (κ3) is 5.75. The fraction of sp³-hybridized carbons (Fsp3) is 0.185. The number of hydrogen-bond donors (Lipinski definition) is 0. The van der Waals surface area contributed by atoms with Crippen LogP contribution in [0, 0.1) is 24.8 Å². The second-order valence-corrected chi connectivity index (χ2v) is 7.32. The van der Waals surface area contributed by atoms with E-state index in [1.807, 2.05) is 30.4 Å². The summed E-state index contributed by atoms with van der Waals surface area (Å²) in [6.07, 6.45) is 9.01. The number of nitrogens with zero attached hydrogens (tertiary/aromatic N) is 2. The van der Waals surface area contributed by atoms with Crippen molar-refractivity contribution in [2.24, 2.45) is 0 Å². The summed E-state index contributed by atoms with van der Waals surface area (Å²) in [5.74, 6) is 2.07. The van der Waals surface area contributed by atoms with E-state index in [9.17, 15) is 0 Å². The van der Waals surface area contributed by atoms with Gasteiger partial charge < -0.3 is 9.47 Å². The van der Waals surface area contributed by atoms with Gasteiger partial charge in [-0.25, -0.2) is 10.1 Å². The molecule has 0 aromatic heterocycles. The van der Waals surface area contributed by atoms with Gasteiger partial charge in [-0.3, -0.25) is 0 Å². The monoisotopic (exact) mass is 408 g/mol. The molecule has 0 atom stereocenters. The molecule has 1 heterocycles. The summed E-state index contributed by atoms with van der Waals surface area (Å²) in [7, 11) is 1.68. The maximum absolute atomic E-state index is 9.12. The zero-order valence-corrected chi connectivity index (χ0v) is 18.0. The van der Waals surface area contributed by atoms with Crippen LogP contribution in [0.5, 0.6) is 5.75 Å². The van der Waals surface area contributed by atoms with Crippen molar-refractivity contribution in [3.8, 4) is 11.8 Å². The normalized spacial score (nSPS) is 14.7. The Kier molecular flexibility index (Phi) is 7.09.